The van der Waals surface area contributed by atoms with E-state index < -0.39 is 6.10 Å². The SMILES string of the molecule is Cc1cc([C@@H](O)CN)c(C)s1. The van der Waals surface area contributed by atoms with Gasteiger partial charge in [-0.3, -0.25) is 0 Å². The third-order valence-electron chi connectivity index (χ3n) is 1.66. The van der Waals surface area contributed by atoms with Crippen LogP contribution in [0.5, 0.6) is 0 Å². The summed E-state index contributed by atoms with van der Waals surface area (Å²) >= 11 is 1.70. The third kappa shape index (κ3) is 1.80. The molecular formula is C8H13NOS. The van der Waals surface area contributed by atoms with Crippen molar-refractivity contribution in [3.8, 4) is 0 Å². The molecule has 0 radical (unpaired) electrons. The Kier molecular flexibility index (Phi) is 2.65. The van der Waals surface area contributed by atoms with Crippen molar-refractivity contribution in [2.75, 3.05) is 6.54 Å². The van der Waals surface area contributed by atoms with Gasteiger partial charge in [0.2, 0.25) is 0 Å². The zero-order valence-corrected chi connectivity index (χ0v) is 7.61. The summed E-state index contributed by atoms with van der Waals surface area (Å²) in [6, 6.07) is 2.00. The highest BCUT2D eigenvalue weighted by molar-refractivity contribution is 7.12. The Morgan fingerprint density at radius 1 is 1.64 bits per heavy atom. The molecule has 0 spiro atoms. The van der Waals surface area contributed by atoms with Crippen LogP contribution in [0.25, 0.3) is 0 Å². The number of thiophene rings is 1. The first kappa shape index (κ1) is 8.71. The molecule has 0 aliphatic carbocycles. The monoisotopic (exact) mass is 171 g/mol. The average molecular weight is 171 g/mol. The van der Waals surface area contributed by atoms with Crippen molar-refractivity contribution in [1.82, 2.24) is 0 Å². The molecular weight excluding hydrogens is 158 g/mol. The molecule has 3 N–H and O–H groups in total. The lowest BCUT2D eigenvalue weighted by atomic mass is 10.1. The molecule has 62 valence electrons. The maximum atomic E-state index is 9.41. The summed E-state index contributed by atoms with van der Waals surface area (Å²) in [4.78, 5) is 2.39. The second-order valence-electron chi connectivity index (χ2n) is 2.62. The molecule has 0 amide bonds. The molecule has 0 bridgehead atoms. The normalized spacial score (nSPS) is 13.5. The molecule has 1 aromatic heterocycles. The number of hydrogen-bond acceptors (Lipinski definition) is 3. The van der Waals surface area contributed by atoms with Crippen LogP contribution in [-0.4, -0.2) is 11.7 Å². The molecule has 0 unspecified atom stereocenters. The first-order valence-electron chi connectivity index (χ1n) is 3.60. The van der Waals surface area contributed by atoms with Gasteiger partial charge in [0, 0.05) is 16.3 Å². The van der Waals surface area contributed by atoms with Gasteiger partial charge in [0.15, 0.2) is 0 Å². The summed E-state index contributed by atoms with van der Waals surface area (Å²) in [7, 11) is 0. The van der Waals surface area contributed by atoms with Crippen LogP contribution in [-0.2, 0) is 0 Å². The number of hydrogen-bond donors (Lipinski definition) is 2. The van der Waals surface area contributed by atoms with E-state index in [4.69, 9.17) is 5.73 Å². The van der Waals surface area contributed by atoms with E-state index >= 15 is 0 Å². The van der Waals surface area contributed by atoms with Crippen LogP contribution in [0, 0.1) is 13.8 Å². The first-order chi connectivity index (χ1) is 5.15. The minimum absolute atomic E-state index is 0.303. The molecule has 0 saturated heterocycles. The van der Waals surface area contributed by atoms with Crippen molar-refractivity contribution in [3.05, 3.63) is 21.4 Å². The van der Waals surface area contributed by atoms with Crippen molar-refractivity contribution >= 4 is 11.3 Å². The van der Waals surface area contributed by atoms with Crippen molar-refractivity contribution in [2.24, 2.45) is 5.73 Å². The van der Waals surface area contributed by atoms with Crippen LogP contribution in [0.15, 0.2) is 6.07 Å². The Hall–Kier alpha value is -0.380. The molecule has 0 fully saturated rings. The quantitative estimate of drug-likeness (QED) is 0.705. The molecule has 0 saturated carbocycles. The van der Waals surface area contributed by atoms with Gasteiger partial charge >= 0.3 is 0 Å². The number of aryl methyl sites for hydroxylation is 2. The Bertz CT molecular complexity index is 244. The van der Waals surface area contributed by atoms with Gasteiger partial charge in [-0.2, -0.15) is 0 Å². The maximum absolute atomic E-state index is 9.41. The molecule has 11 heavy (non-hydrogen) atoms. The fourth-order valence-electron chi connectivity index (χ4n) is 1.11. The lowest BCUT2D eigenvalue weighted by Gasteiger charge is -2.05. The van der Waals surface area contributed by atoms with E-state index in [0.717, 1.165) is 5.56 Å². The minimum Gasteiger partial charge on any atom is -0.387 e. The van der Waals surface area contributed by atoms with E-state index in [1.54, 1.807) is 11.3 Å². The summed E-state index contributed by atoms with van der Waals surface area (Å²) in [6.07, 6.45) is -0.486. The average Bonchev–Trinajstić information content (AvgIpc) is 2.28. The Morgan fingerprint density at radius 2 is 2.27 bits per heavy atom. The van der Waals surface area contributed by atoms with E-state index in [9.17, 15) is 5.11 Å². The van der Waals surface area contributed by atoms with E-state index in [2.05, 4.69) is 0 Å². The fourth-order valence-corrected chi connectivity index (χ4v) is 2.09. The van der Waals surface area contributed by atoms with Crippen molar-refractivity contribution in [3.63, 3.8) is 0 Å². The van der Waals surface area contributed by atoms with Gasteiger partial charge in [0.05, 0.1) is 6.10 Å². The second kappa shape index (κ2) is 3.34. The highest BCUT2D eigenvalue weighted by Crippen LogP contribution is 2.25. The van der Waals surface area contributed by atoms with E-state index in [-0.39, 0.29) is 0 Å². The van der Waals surface area contributed by atoms with Gasteiger partial charge in [-0.25, -0.2) is 0 Å². The molecule has 0 aliphatic heterocycles. The van der Waals surface area contributed by atoms with Gasteiger partial charge in [-0.05, 0) is 25.5 Å². The summed E-state index contributed by atoms with van der Waals surface area (Å²) in [5.41, 5.74) is 6.32. The largest absolute Gasteiger partial charge is 0.387 e. The summed E-state index contributed by atoms with van der Waals surface area (Å²) in [6.45, 7) is 4.34. The highest BCUT2D eigenvalue weighted by Gasteiger charge is 2.10. The van der Waals surface area contributed by atoms with Crippen LogP contribution >= 0.6 is 11.3 Å². The summed E-state index contributed by atoms with van der Waals surface area (Å²) < 4.78 is 0. The standard InChI is InChI=1S/C8H13NOS/c1-5-3-7(6(2)11-5)8(10)4-9/h3,8,10H,4,9H2,1-2H3/t8-/m0/s1. The Labute approximate surface area is 70.7 Å². The Balaban J connectivity index is 2.93. The minimum atomic E-state index is -0.486. The fraction of sp³-hybridized carbons (Fsp3) is 0.500. The number of aliphatic hydroxyl groups is 1. The molecule has 0 aliphatic rings. The van der Waals surface area contributed by atoms with Crippen molar-refractivity contribution in [2.45, 2.75) is 20.0 Å². The zero-order valence-electron chi connectivity index (χ0n) is 6.79. The van der Waals surface area contributed by atoms with Crippen LogP contribution in [0.4, 0.5) is 0 Å². The lowest BCUT2D eigenvalue weighted by Crippen LogP contribution is -2.11. The third-order valence-corrected chi connectivity index (χ3v) is 2.64. The zero-order chi connectivity index (χ0) is 8.43. The van der Waals surface area contributed by atoms with Gasteiger partial charge < -0.3 is 10.8 Å². The molecule has 1 rings (SSSR count). The van der Waals surface area contributed by atoms with Gasteiger partial charge in [-0.15, -0.1) is 11.3 Å². The van der Waals surface area contributed by atoms with Gasteiger partial charge in [0.1, 0.15) is 0 Å². The maximum Gasteiger partial charge on any atom is 0.0922 e. The molecule has 2 nitrogen and oxygen atoms in total. The van der Waals surface area contributed by atoms with Gasteiger partial charge in [0.25, 0.3) is 0 Å². The van der Waals surface area contributed by atoms with E-state index in [1.165, 1.54) is 9.75 Å². The van der Waals surface area contributed by atoms with Crippen LogP contribution < -0.4 is 5.73 Å². The summed E-state index contributed by atoms with van der Waals surface area (Å²) in [5.74, 6) is 0. The first-order valence-corrected chi connectivity index (χ1v) is 4.42. The molecule has 1 atom stereocenters. The van der Waals surface area contributed by atoms with Crippen LogP contribution in [0.3, 0.4) is 0 Å². The molecule has 1 heterocycles. The highest BCUT2D eigenvalue weighted by atomic mass is 32.1. The second-order valence-corrected chi connectivity index (χ2v) is 4.08. The number of aliphatic hydroxyl groups excluding tert-OH is 1. The number of rotatable bonds is 2. The van der Waals surface area contributed by atoms with Gasteiger partial charge in [-0.1, -0.05) is 0 Å². The number of nitrogens with two attached hydrogens (primary N) is 1. The van der Waals surface area contributed by atoms with Crippen LogP contribution in [0.1, 0.15) is 21.4 Å². The van der Waals surface area contributed by atoms with Crippen molar-refractivity contribution in [1.29, 1.82) is 0 Å². The topological polar surface area (TPSA) is 46.2 Å². The van der Waals surface area contributed by atoms with E-state index in [1.807, 2.05) is 19.9 Å². The van der Waals surface area contributed by atoms with Crippen molar-refractivity contribution < 1.29 is 5.11 Å². The molecule has 3 heteroatoms. The summed E-state index contributed by atoms with van der Waals surface area (Å²) in [5, 5.41) is 9.41. The van der Waals surface area contributed by atoms with Crippen LogP contribution in [0.2, 0.25) is 0 Å². The lowest BCUT2D eigenvalue weighted by molar-refractivity contribution is 0.186. The van der Waals surface area contributed by atoms with E-state index in [0.29, 0.717) is 6.54 Å². The predicted molar refractivity (Wildman–Crippen MR) is 47.8 cm³/mol. The molecule has 1 aromatic rings. The predicted octanol–water partition coefficient (Wildman–Crippen LogP) is 1.36. The smallest absolute Gasteiger partial charge is 0.0922 e. The Morgan fingerprint density at radius 3 is 2.64 bits per heavy atom. The molecule has 0 aromatic carbocycles.